The van der Waals surface area contributed by atoms with Crippen LogP contribution in [0.15, 0.2) is 12.1 Å². The van der Waals surface area contributed by atoms with Crippen LogP contribution in [0, 0.1) is 0 Å². The third-order valence-corrected chi connectivity index (χ3v) is 2.83. The number of aromatic carboxylic acids is 1. The molecule has 0 unspecified atom stereocenters. The molecule has 0 aromatic carbocycles. The normalized spacial score (nSPS) is 10.4. The fourth-order valence-corrected chi connectivity index (χ4v) is 1.84. The van der Waals surface area contributed by atoms with Crippen LogP contribution in [0.2, 0.25) is 5.02 Å². The Hall–Kier alpha value is -1.82. The highest BCUT2D eigenvalue weighted by Crippen LogP contribution is 2.19. The first kappa shape index (κ1) is 16.2. The van der Waals surface area contributed by atoms with Crippen molar-refractivity contribution < 1.29 is 14.7 Å². The number of anilines is 1. The van der Waals surface area contributed by atoms with Crippen LogP contribution in [0.25, 0.3) is 0 Å². The van der Waals surface area contributed by atoms with Gasteiger partial charge in [0.05, 0.1) is 11.6 Å². The third-order valence-electron chi connectivity index (χ3n) is 2.52. The summed E-state index contributed by atoms with van der Waals surface area (Å²) >= 11 is 5.77. The average Bonchev–Trinajstić information content (AvgIpc) is 2.35. The number of aromatic nitrogens is 1. The van der Waals surface area contributed by atoms with E-state index in [1.54, 1.807) is 11.0 Å². The second kappa shape index (κ2) is 7.09. The summed E-state index contributed by atoms with van der Waals surface area (Å²) in [5, 5.41) is 11.8. The molecular formula is C13H18ClN3O3. The molecule has 1 heterocycles. The summed E-state index contributed by atoms with van der Waals surface area (Å²) in [5.41, 5.74) is -0.216. The van der Waals surface area contributed by atoms with E-state index < -0.39 is 5.97 Å². The second-order valence-corrected chi connectivity index (χ2v) is 4.95. The summed E-state index contributed by atoms with van der Waals surface area (Å²) in [6.07, 6.45) is 0. The van der Waals surface area contributed by atoms with Gasteiger partial charge in [0.25, 0.3) is 0 Å². The van der Waals surface area contributed by atoms with Crippen LogP contribution >= 0.6 is 11.6 Å². The van der Waals surface area contributed by atoms with Crippen molar-refractivity contribution in [3.8, 4) is 0 Å². The highest BCUT2D eigenvalue weighted by molar-refractivity contribution is 6.33. The van der Waals surface area contributed by atoms with Gasteiger partial charge >= 0.3 is 5.97 Å². The lowest BCUT2D eigenvalue weighted by molar-refractivity contribution is -0.120. The van der Waals surface area contributed by atoms with E-state index in [1.165, 1.54) is 6.07 Å². The number of carboxylic acids is 1. The number of nitrogens with zero attached hydrogens (tertiary/aromatic N) is 2. The number of nitrogens with one attached hydrogen (secondary N) is 1. The van der Waals surface area contributed by atoms with Gasteiger partial charge in [-0.25, -0.2) is 9.78 Å². The van der Waals surface area contributed by atoms with Crippen LogP contribution in [-0.4, -0.2) is 41.1 Å². The molecule has 1 aromatic rings. The maximum Gasteiger partial charge on any atom is 0.356 e. The van der Waals surface area contributed by atoms with Crippen molar-refractivity contribution in [2.24, 2.45) is 0 Å². The Morgan fingerprint density at radius 1 is 1.45 bits per heavy atom. The molecule has 0 saturated heterocycles. The predicted octanol–water partition coefficient (Wildman–Crippen LogP) is 1.78. The van der Waals surface area contributed by atoms with Gasteiger partial charge in [-0.1, -0.05) is 11.6 Å². The minimum atomic E-state index is -1.19. The number of carbonyl (C=O) groups is 2. The lowest BCUT2D eigenvalue weighted by Gasteiger charge is -2.22. The van der Waals surface area contributed by atoms with Gasteiger partial charge in [0.2, 0.25) is 5.91 Å². The van der Waals surface area contributed by atoms with E-state index >= 15 is 0 Å². The van der Waals surface area contributed by atoms with Crippen LogP contribution in [0.3, 0.4) is 0 Å². The number of likely N-dealkylation sites (N-methyl/N-ethyl adjacent to an activating group) is 1. The van der Waals surface area contributed by atoms with E-state index in [0.717, 1.165) is 0 Å². The Kier molecular flexibility index (Phi) is 5.76. The average molecular weight is 300 g/mol. The summed E-state index contributed by atoms with van der Waals surface area (Å²) < 4.78 is 0. The SMILES string of the molecule is CCN(CC(=O)NC(C)C)c1ccc(Cl)c(C(=O)O)n1. The number of rotatable bonds is 6. The summed E-state index contributed by atoms with van der Waals surface area (Å²) in [7, 11) is 0. The fourth-order valence-electron chi connectivity index (χ4n) is 1.65. The lowest BCUT2D eigenvalue weighted by atomic mass is 10.3. The molecular weight excluding hydrogens is 282 g/mol. The monoisotopic (exact) mass is 299 g/mol. The van der Waals surface area contributed by atoms with E-state index in [4.69, 9.17) is 16.7 Å². The number of hydrogen-bond acceptors (Lipinski definition) is 4. The number of carboxylic acid groups (broad SMARTS) is 1. The summed E-state index contributed by atoms with van der Waals surface area (Å²) in [6.45, 7) is 6.25. The first-order valence-electron chi connectivity index (χ1n) is 6.29. The number of halogens is 1. The summed E-state index contributed by atoms with van der Waals surface area (Å²) in [5.74, 6) is -0.928. The van der Waals surface area contributed by atoms with Gasteiger partial charge in [-0.3, -0.25) is 4.79 Å². The number of carbonyl (C=O) groups excluding carboxylic acids is 1. The maximum atomic E-state index is 11.8. The van der Waals surface area contributed by atoms with Gasteiger partial charge in [0.1, 0.15) is 5.82 Å². The van der Waals surface area contributed by atoms with Gasteiger partial charge in [-0.2, -0.15) is 0 Å². The smallest absolute Gasteiger partial charge is 0.356 e. The highest BCUT2D eigenvalue weighted by Gasteiger charge is 2.16. The number of amides is 1. The van der Waals surface area contributed by atoms with Crippen LogP contribution in [0.1, 0.15) is 31.3 Å². The van der Waals surface area contributed by atoms with Crippen LogP contribution in [0.4, 0.5) is 5.82 Å². The topological polar surface area (TPSA) is 82.5 Å². The van der Waals surface area contributed by atoms with Crippen LogP contribution in [-0.2, 0) is 4.79 Å². The minimum absolute atomic E-state index is 0.0500. The van der Waals surface area contributed by atoms with Crippen molar-refractivity contribution in [2.45, 2.75) is 26.8 Å². The molecule has 0 aliphatic heterocycles. The molecule has 7 heteroatoms. The van der Waals surface area contributed by atoms with E-state index in [1.807, 2.05) is 20.8 Å². The molecule has 20 heavy (non-hydrogen) atoms. The third kappa shape index (κ3) is 4.38. The zero-order valence-corrected chi connectivity index (χ0v) is 12.4. The minimum Gasteiger partial charge on any atom is -0.476 e. The van der Waals surface area contributed by atoms with Gasteiger partial charge in [-0.05, 0) is 32.9 Å². The molecule has 6 nitrogen and oxygen atoms in total. The fraction of sp³-hybridized carbons (Fsp3) is 0.462. The molecule has 0 aliphatic carbocycles. The molecule has 1 amide bonds. The molecule has 2 N–H and O–H groups in total. The molecule has 0 spiro atoms. The Morgan fingerprint density at radius 2 is 2.10 bits per heavy atom. The molecule has 1 aromatic heterocycles. The largest absolute Gasteiger partial charge is 0.476 e. The van der Waals surface area contributed by atoms with Crippen molar-refractivity contribution in [1.82, 2.24) is 10.3 Å². The Balaban J connectivity index is 2.92. The first-order valence-corrected chi connectivity index (χ1v) is 6.67. The van der Waals surface area contributed by atoms with Crippen molar-refractivity contribution in [3.05, 3.63) is 22.8 Å². The van der Waals surface area contributed by atoms with E-state index in [-0.39, 0.29) is 29.2 Å². The summed E-state index contributed by atoms with van der Waals surface area (Å²) in [6, 6.07) is 3.12. The van der Waals surface area contributed by atoms with Crippen molar-refractivity contribution in [3.63, 3.8) is 0 Å². The van der Waals surface area contributed by atoms with Gasteiger partial charge in [0, 0.05) is 12.6 Å². The molecule has 0 atom stereocenters. The van der Waals surface area contributed by atoms with Crippen LogP contribution in [0.5, 0.6) is 0 Å². The van der Waals surface area contributed by atoms with Crippen molar-refractivity contribution in [2.75, 3.05) is 18.0 Å². The lowest BCUT2D eigenvalue weighted by Crippen LogP contribution is -2.40. The molecule has 0 bridgehead atoms. The summed E-state index contributed by atoms with van der Waals surface area (Å²) in [4.78, 5) is 28.4. The number of hydrogen-bond donors (Lipinski definition) is 2. The van der Waals surface area contributed by atoms with Crippen molar-refractivity contribution >= 4 is 29.3 Å². The second-order valence-electron chi connectivity index (χ2n) is 4.54. The van der Waals surface area contributed by atoms with Gasteiger partial charge < -0.3 is 15.3 Å². The number of pyridine rings is 1. The van der Waals surface area contributed by atoms with Crippen LogP contribution < -0.4 is 10.2 Å². The zero-order chi connectivity index (χ0) is 15.3. The quantitative estimate of drug-likeness (QED) is 0.837. The predicted molar refractivity (Wildman–Crippen MR) is 77.4 cm³/mol. The van der Waals surface area contributed by atoms with E-state index in [9.17, 15) is 9.59 Å². The molecule has 0 radical (unpaired) electrons. The molecule has 1 rings (SSSR count). The van der Waals surface area contributed by atoms with E-state index in [2.05, 4.69) is 10.3 Å². The van der Waals surface area contributed by atoms with Crippen molar-refractivity contribution in [1.29, 1.82) is 0 Å². The molecule has 0 saturated carbocycles. The Bertz CT molecular complexity index is 506. The van der Waals surface area contributed by atoms with E-state index in [0.29, 0.717) is 12.4 Å². The van der Waals surface area contributed by atoms with Gasteiger partial charge in [0.15, 0.2) is 5.69 Å². The zero-order valence-electron chi connectivity index (χ0n) is 11.7. The first-order chi connectivity index (χ1) is 9.35. The van der Waals surface area contributed by atoms with Gasteiger partial charge in [-0.15, -0.1) is 0 Å². The Labute approximate surface area is 122 Å². The Morgan fingerprint density at radius 3 is 2.60 bits per heavy atom. The molecule has 0 aliphatic rings. The molecule has 110 valence electrons. The maximum absolute atomic E-state index is 11.8. The molecule has 0 fully saturated rings. The highest BCUT2D eigenvalue weighted by atomic mass is 35.5. The standard InChI is InChI=1S/C13H18ClN3O3/c1-4-17(7-11(18)15-8(2)3)10-6-5-9(14)12(16-10)13(19)20/h5-6,8H,4,7H2,1-3H3,(H,15,18)(H,19,20).